The number of aryl methyl sites for hydroxylation is 1. The van der Waals surface area contributed by atoms with Gasteiger partial charge < -0.3 is 15.5 Å². The molecule has 0 aliphatic rings. The molecule has 0 bridgehead atoms. The second-order valence-corrected chi connectivity index (χ2v) is 3.84. The number of fused-ring (bicyclic) bond motifs is 1. The van der Waals surface area contributed by atoms with Crippen molar-refractivity contribution in [1.29, 1.82) is 0 Å². The van der Waals surface area contributed by atoms with Gasteiger partial charge in [-0.3, -0.25) is 0 Å². The molecule has 2 rings (SSSR count). The zero-order valence-corrected chi connectivity index (χ0v) is 9.48. The number of ether oxygens (including phenoxy) is 1. The van der Waals surface area contributed by atoms with E-state index in [1.807, 2.05) is 19.1 Å². The van der Waals surface area contributed by atoms with Crippen LogP contribution < -0.4 is 10.5 Å². The smallest absolute Gasteiger partial charge is 0.143 e. The molecule has 0 amide bonds. The number of aromatic amines is 1. The van der Waals surface area contributed by atoms with Gasteiger partial charge in [0.2, 0.25) is 0 Å². The Hall–Kier alpha value is -1.19. The van der Waals surface area contributed by atoms with Gasteiger partial charge in [0.25, 0.3) is 0 Å². The summed E-state index contributed by atoms with van der Waals surface area (Å²) < 4.78 is 5.26. The molecule has 0 atom stereocenters. The van der Waals surface area contributed by atoms with Crippen LogP contribution >= 0.6 is 11.6 Å². The maximum Gasteiger partial charge on any atom is 0.143 e. The fourth-order valence-corrected chi connectivity index (χ4v) is 2.12. The number of H-pyrrole nitrogens is 1. The third-order valence-electron chi connectivity index (χ3n) is 2.64. The highest BCUT2D eigenvalue weighted by atomic mass is 35.5. The van der Waals surface area contributed by atoms with E-state index in [9.17, 15) is 0 Å². The van der Waals surface area contributed by atoms with E-state index in [0.717, 1.165) is 32.9 Å². The maximum absolute atomic E-state index is 6.15. The standard InChI is InChI=1S/C11H13ClN2O/c1-6-8(5-13)14-11-9(15-2)4-3-7(12)10(6)11/h3-4,14H,5,13H2,1-2H3. The van der Waals surface area contributed by atoms with E-state index in [1.165, 1.54) is 0 Å². The van der Waals surface area contributed by atoms with Crippen molar-refractivity contribution in [2.24, 2.45) is 5.73 Å². The van der Waals surface area contributed by atoms with Gasteiger partial charge in [-0.15, -0.1) is 0 Å². The lowest BCUT2D eigenvalue weighted by Gasteiger charge is -2.02. The number of aromatic nitrogens is 1. The van der Waals surface area contributed by atoms with Gasteiger partial charge in [0, 0.05) is 17.6 Å². The fourth-order valence-electron chi connectivity index (χ4n) is 1.82. The van der Waals surface area contributed by atoms with Crippen molar-refractivity contribution < 1.29 is 4.74 Å². The molecular formula is C11H13ClN2O. The van der Waals surface area contributed by atoms with Crippen LogP contribution in [0, 0.1) is 6.92 Å². The number of nitrogens with two attached hydrogens (primary N) is 1. The summed E-state index contributed by atoms with van der Waals surface area (Å²) in [6.45, 7) is 2.48. The van der Waals surface area contributed by atoms with Gasteiger partial charge in [-0.05, 0) is 24.6 Å². The Morgan fingerprint density at radius 3 is 2.80 bits per heavy atom. The topological polar surface area (TPSA) is 51.0 Å². The van der Waals surface area contributed by atoms with Crippen LogP contribution in [0.4, 0.5) is 0 Å². The summed E-state index contributed by atoms with van der Waals surface area (Å²) in [7, 11) is 1.64. The van der Waals surface area contributed by atoms with Crippen LogP contribution in [-0.4, -0.2) is 12.1 Å². The van der Waals surface area contributed by atoms with Crippen molar-refractivity contribution in [3.8, 4) is 5.75 Å². The quantitative estimate of drug-likeness (QED) is 0.824. The van der Waals surface area contributed by atoms with Crippen LogP contribution in [0.5, 0.6) is 5.75 Å². The van der Waals surface area contributed by atoms with Gasteiger partial charge in [0.1, 0.15) is 5.75 Å². The number of hydrogen-bond donors (Lipinski definition) is 2. The number of methoxy groups -OCH3 is 1. The molecule has 1 heterocycles. The molecule has 15 heavy (non-hydrogen) atoms. The van der Waals surface area contributed by atoms with Crippen LogP contribution in [0.3, 0.4) is 0 Å². The summed E-state index contributed by atoms with van der Waals surface area (Å²) in [6.07, 6.45) is 0. The molecule has 0 aliphatic heterocycles. The zero-order chi connectivity index (χ0) is 11.0. The highest BCUT2D eigenvalue weighted by Gasteiger charge is 2.13. The van der Waals surface area contributed by atoms with Crippen molar-refractivity contribution in [1.82, 2.24) is 4.98 Å². The summed E-state index contributed by atoms with van der Waals surface area (Å²) in [4.78, 5) is 3.24. The first-order valence-electron chi connectivity index (χ1n) is 4.72. The molecule has 0 unspecified atom stereocenters. The molecule has 4 heteroatoms. The minimum atomic E-state index is 0.472. The molecule has 2 aromatic rings. The highest BCUT2D eigenvalue weighted by molar-refractivity contribution is 6.36. The van der Waals surface area contributed by atoms with E-state index in [1.54, 1.807) is 7.11 Å². The number of hydrogen-bond acceptors (Lipinski definition) is 2. The van der Waals surface area contributed by atoms with E-state index >= 15 is 0 Å². The molecule has 0 aliphatic carbocycles. The van der Waals surface area contributed by atoms with Crippen LogP contribution in [-0.2, 0) is 6.54 Å². The predicted octanol–water partition coefficient (Wildman–Crippen LogP) is 2.60. The molecule has 1 aromatic heterocycles. The van der Waals surface area contributed by atoms with E-state index in [0.29, 0.717) is 6.54 Å². The number of nitrogens with one attached hydrogen (secondary N) is 1. The first-order valence-corrected chi connectivity index (χ1v) is 5.10. The highest BCUT2D eigenvalue weighted by Crippen LogP contribution is 2.34. The molecule has 3 nitrogen and oxygen atoms in total. The molecular weight excluding hydrogens is 212 g/mol. The van der Waals surface area contributed by atoms with Gasteiger partial charge in [-0.2, -0.15) is 0 Å². The molecule has 0 saturated carbocycles. The summed E-state index contributed by atoms with van der Waals surface area (Å²) >= 11 is 6.15. The third-order valence-corrected chi connectivity index (χ3v) is 2.96. The van der Waals surface area contributed by atoms with E-state index < -0.39 is 0 Å². The Kier molecular flexibility index (Phi) is 2.59. The van der Waals surface area contributed by atoms with Crippen molar-refractivity contribution in [3.63, 3.8) is 0 Å². The Labute approximate surface area is 93.2 Å². The van der Waals surface area contributed by atoms with E-state index in [-0.39, 0.29) is 0 Å². The Balaban J connectivity index is 2.85. The van der Waals surface area contributed by atoms with Crippen LogP contribution in [0.2, 0.25) is 5.02 Å². The summed E-state index contributed by atoms with van der Waals surface area (Å²) in [5.41, 5.74) is 8.65. The summed E-state index contributed by atoms with van der Waals surface area (Å²) in [5, 5.41) is 1.72. The van der Waals surface area contributed by atoms with Gasteiger partial charge in [0.15, 0.2) is 0 Å². The minimum Gasteiger partial charge on any atom is -0.495 e. The first-order chi connectivity index (χ1) is 7.19. The predicted molar refractivity (Wildman–Crippen MR) is 62.5 cm³/mol. The van der Waals surface area contributed by atoms with Crippen LogP contribution in [0.25, 0.3) is 10.9 Å². The van der Waals surface area contributed by atoms with Gasteiger partial charge in [-0.1, -0.05) is 11.6 Å². The lowest BCUT2D eigenvalue weighted by molar-refractivity contribution is 0.419. The van der Waals surface area contributed by atoms with E-state index in [2.05, 4.69) is 4.98 Å². The Bertz CT molecular complexity index is 505. The third kappa shape index (κ3) is 1.48. The average molecular weight is 225 g/mol. The monoisotopic (exact) mass is 224 g/mol. The number of halogens is 1. The maximum atomic E-state index is 6.15. The van der Waals surface area contributed by atoms with Crippen molar-refractivity contribution in [2.45, 2.75) is 13.5 Å². The largest absolute Gasteiger partial charge is 0.495 e. The van der Waals surface area contributed by atoms with Gasteiger partial charge in [-0.25, -0.2) is 0 Å². The average Bonchev–Trinajstić information content (AvgIpc) is 2.57. The number of benzene rings is 1. The van der Waals surface area contributed by atoms with E-state index in [4.69, 9.17) is 22.1 Å². The molecule has 0 radical (unpaired) electrons. The molecule has 0 fully saturated rings. The SMILES string of the molecule is COc1ccc(Cl)c2c(C)c(CN)[nH]c12. The molecule has 0 spiro atoms. The van der Waals surface area contributed by atoms with Crippen molar-refractivity contribution >= 4 is 22.5 Å². The van der Waals surface area contributed by atoms with Crippen molar-refractivity contribution in [2.75, 3.05) is 7.11 Å². The van der Waals surface area contributed by atoms with Crippen LogP contribution in [0.1, 0.15) is 11.3 Å². The lowest BCUT2D eigenvalue weighted by atomic mass is 10.1. The fraction of sp³-hybridized carbons (Fsp3) is 0.273. The normalized spacial score (nSPS) is 10.9. The Morgan fingerprint density at radius 1 is 1.47 bits per heavy atom. The van der Waals surface area contributed by atoms with Gasteiger partial charge in [0.05, 0.1) is 17.6 Å². The first kappa shape index (κ1) is 10.3. The molecule has 0 saturated heterocycles. The second-order valence-electron chi connectivity index (χ2n) is 3.43. The minimum absolute atomic E-state index is 0.472. The zero-order valence-electron chi connectivity index (χ0n) is 8.73. The Morgan fingerprint density at radius 2 is 2.20 bits per heavy atom. The molecule has 1 aromatic carbocycles. The van der Waals surface area contributed by atoms with Gasteiger partial charge >= 0.3 is 0 Å². The summed E-state index contributed by atoms with van der Waals surface area (Å²) in [6, 6.07) is 3.69. The number of rotatable bonds is 2. The summed E-state index contributed by atoms with van der Waals surface area (Å²) in [5.74, 6) is 0.789. The second kappa shape index (κ2) is 3.76. The lowest BCUT2D eigenvalue weighted by Crippen LogP contribution is -1.97. The van der Waals surface area contributed by atoms with Crippen molar-refractivity contribution in [3.05, 3.63) is 28.4 Å². The molecule has 80 valence electrons. The molecule has 3 N–H and O–H groups in total. The van der Waals surface area contributed by atoms with Crippen LogP contribution in [0.15, 0.2) is 12.1 Å².